The molecule has 2 unspecified atom stereocenters. The molecule has 8 nitrogen and oxygen atoms in total. The lowest BCUT2D eigenvalue weighted by molar-refractivity contribution is -0.274. The highest BCUT2D eigenvalue weighted by Gasteiger charge is 2.31. The Morgan fingerprint density at radius 2 is 1.76 bits per heavy atom. The normalized spacial score (nSPS) is 16.9. The summed E-state index contributed by atoms with van der Waals surface area (Å²) >= 11 is 1.51. The van der Waals surface area contributed by atoms with Crippen LogP contribution < -0.4 is 15.0 Å². The quantitative estimate of drug-likeness (QED) is 0.207. The lowest BCUT2D eigenvalue weighted by Crippen LogP contribution is -2.43. The Morgan fingerprint density at radius 1 is 1.09 bits per heavy atom. The van der Waals surface area contributed by atoms with E-state index in [1.807, 2.05) is 0 Å². The average Bonchev–Trinajstić information content (AvgIpc) is 3.47. The van der Waals surface area contributed by atoms with Crippen LogP contribution in [0.2, 0.25) is 0 Å². The maximum atomic E-state index is 15.1. The number of halogens is 4. The number of amidine groups is 1. The number of hydrogen-bond donors (Lipinski definition) is 1. The summed E-state index contributed by atoms with van der Waals surface area (Å²) in [6.45, 7) is 8.02. The lowest BCUT2D eigenvalue weighted by atomic mass is 10.0. The number of anilines is 1. The van der Waals surface area contributed by atoms with Gasteiger partial charge in [-0.05, 0) is 75.1 Å². The molecule has 5 rings (SSSR count). The van der Waals surface area contributed by atoms with E-state index in [9.17, 15) is 18.0 Å². The molecule has 13 heteroatoms. The van der Waals surface area contributed by atoms with Crippen LogP contribution in [-0.4, -0.2) is 50.7 Å². The van der Waals surface area contributed by atoms with Gasteiger partial charge >= 0.3 is 12.4 Å². The summed E-state index contributed by atoms with van der Waals surface area (Å²) in [4.78, 5) is 23.5. The minimum Gasteiger partial charge on any atom is -0.406 e. The number of hydrogen-bond acceptors (Lipinski definition) is 5. The second-order valence-corrected chi connectivity index (χ2v) is 11.9. The highest BCUT2D eigenvalue weighted by atomic mass is 32.2. The zero-order chi connectivity index (χ0) is 32.3. The molecule has 1 aromatic heterocycles. The maximum absolute atomic E-state index is 15.1. The van der Waals surface area contributed by atoms with Crippen molar-refractivity contribution in [2.75, 3.05) is 17.2 Å². The number of carbonyl (C=O) groups is 1. The average molecular weight is 641 g/mol. The number of ether oxygens (including phenoxy) is 1. The number of alkyl halides is 4. The third-order valence-corrected chi connectivity index (χ3v) is 8.26. The number of benzene rings is 3. The Hall–Kier alpha value is -4.39. The van der Waals surface area contributed by atoms with E-state index in [4.69, 9.17) is 0 Å². The molecule has 2 amide bonds. The molecule has 0 spiro atoms. The van der Waals surface area contributed by atoms with E-state index in [2.05, 4.69) is 69.9 Å². The van der Waals surface area contributed by atoms with Crippen molar-refractivity contribution in [2.45, 2.75) is 52.7 Å². The minimum atomic E-state index is -4.78. The van der Waals surface area contributed by atoms with Crippen LogP contribution >= 0.6 is 11.8 Å². The number of aliphatic imine (C=N–C) groups is 1. The van der Waals surface area contributed by atoms with E-state index in [1.54, 1.807) is 24.3 Å². The fraction of sp³-hybridized carbons (Fsp3) is 0.312. The van der Waals surface area contributed by atoms with Gasteiger partial charge in [0.2, 0.25) is 0 Å². The summed E-state index contributed by atoms with van der Waals surface area (Å²) in [5.74, 6) is 0.838. The Morgan fingerprint density at radius 3 is 2.40 bits per heavy atom. The second kappa shape index (κ2) is 13.3. The van der Waals surface area contributed by atoms with Gasteiger partial charge in [0.1, 0.15) is 18.2 Å². The minimum absolute atomic E-state index is 0.157. The number of thioether (sulfide) groups is 1. The van der Waals surface area contributed by atoms with Crippen molar-refractivity contribution in [3.63, 3.8) is 0 Å². The number of amides is 2. The number of nitrogens with zero attached hydrogens (tertiary/aromatic N) is 5. The van der Waals surface area contributed by atoms with E-state index >= 15 is 4.39 Å². The van der Waals surface area contributed by atoms with Gasteiger partial charge in [-0.15, -0.1) is 18.3 Å². The van der Waals surface area contributed by atoms with Gasteiger partial charge in [0.05, 0.1) is 12.2 Å². The lowest BCUT2D eigenvalue weighted by Gasteiger charge is -2.37. The molecular weight excluding hydrogens is 608 g/mol. The van der Waals surface area contributed by atoms with Crippen molar-refractivity contribution in [1.29, 1.82) is 0 Å². The summed E-state index contributed by atoms with van der Waals surface area (Å²) in [5, 5.41) is 7.56. The van der Waals surface area contributed by atoms with Crippen molar-refractivity contribution in [2.24, 2.45) is 4.99 Å². The highest BCUT2D eigenvalue weighted by molar-refractivity contribution is 8.14. The van der Waals surface area contributed by atoms with E-state index in [0.29, 0.717) is 27.8 Å². The largest absolute Gasteiger partial charge is 0.573 e. The molecule has 45 heavy (non-hydrogen) atoms. The molecule has 1 fully saturated rings. The van der Waals surface area contributed by atoms with Crippen LogP contribution in [0.25, 0.3) is 17.1 Å². The molecular formula is C32H32F4N6O2S. The maximum Gasteiger partial charge on any atom is 0.573 e. The van der Waals surface area contributed by atoms with Crippen molar-refractivity contribution >= 4 is 28.6 Å². The smallest absolute Gasteiger partial charge is 0.406 e. The van der Waals surface area contributed by atoms with Crippen molar-refractivity contribution < 1.29 is 27.1 Å². The summed E-state index contributed by atoms with van der Waals surface area (Å²) in [6, 6.07) is 15.5. The van der Waals surface area contributed by atoms with E-state index in [1.165, 1.54) is 52.6 Å². The standard InChI is InChI=1S/C32H32F4N6O2S/c1-19-15-20(2)28(21(3)16-19)42-22(4)13-14-45-31(42)39-30(43)37-17-27(33)23-5-7-24(8-6-23)29-38-18-41(40-29)25-9-11-26(12-10-25)44-32(34,35)36/h5-12,15-16,18,22,27H,13-14,17H2,1-4H3,(H,37,43). The second-order valence-electron chi connectivity index (χ2n) is 10.8. The predicted molar refractivity (Wildman–Crippen MR) is 168 cm³/mol. The molecule has 1 N–H and O–H groups in total. The molecule has 1 saturated heterocycles. The molecule has 0 bridgehead atoms. The summed E-state index contributed by atoms with van der Waals surface area (Å²) in [6.07, 6.45) is -3.88. The molecule has 1 aliphatic rings. The number of aryl methyl sites for hydroxylation is 3. The molecule has 236 valence electrons. The zero-order valence-electron chi connectivity index (χ0n) is 25.1. The van der Waals surface area contributed by atoms with Gasteiger partial charge in [-0.2, -0.15) is 4.99 Å². The monoisotopic (exact) mass is 640 g/mol. The Kier molecular flexibility index (Phi) is 9.47. The molecule has 3 aromatic carbocycles. The topological polar surface area (TPSA) is 84.6 Å². The Labute approximate surface area is 262 Å². The van der Waals surface area contributed by atoms with Crippen molar-refractivity contribution in [1.82, 2.24) is 20.1 Å². The first-order chi connectivity index (χ1) is 21.4. The van der Waals surface area contributed by atoms with Gasteiger partial charge in [0.25, 0.3) is 0 Å². The Bertz CT molecular complexity index is 1670. The van der Waals surface area contributed by atoms with Gasteiger partial charge < -0.3 is 15.0 Å². The third kappa shape index (κ3) is 7.83. The van der Waals surface area contributed by atoms with Gasteiger partial charge in [-0.3, -0.25) is 0 Å². The van der Waals surface area contributed by atoms with E-state index in [0.717, 1.165) is 29.0 Å². The first-order valence-corrected chi connectivity index (χ1v) is 15.2. The van der Waals surface area contributed by atoms with Gasteiger partial charge in [0, 0.05) is 23.0 Å². The van der Waals surface area contributed by atoms with Crippen molar-refractivity contribution in [3.05, 3.63) is 89.2 Å². The number of aromatic nitrogens is 3. The number of rotatable bonds is 7. The molecule has 2 heterocycles. The third-order valence-electron chi connectivity index (χ3n) is 7.28. The molecule has 2 atom stereocenters. The van der Waals surface area contributed by atoms with Crippen LogP contribution in [0.5, 0.6) is 5.75 Å². The fourth-order valence-electron chi connectivity index (χ4n) is 5.24. The predicted octanol–water partition coefficient (Wildman–Crippen LogP) is 7.87. The first kappa shape index (κ1) is 32.0. The van der Waals surface area contributed by atoms with Crippen molar-refractivity contribution in [3.8, 4) is 22.8 Å². The van der Waals surface area contributed by atoms with Gasteiger partial charge in [-0.1, -0.05) is 53.7 Å². The summed E-state index contributed by atoms with van der Waals surface area (Å²) in [5.41, 5.74) is 5.89. The van der Waals surface area contributed by atoms with Crippen LogP contribution in [0.4, 0.5) is 28.0 Å². The molecule has 0 saturated carbocycles. The molecule has 1 aliphatic heterocycles. The first-order valence-electron chi connectivity index (χ1n) is 14.3. The van der Waals surface area contributed by atoms with E-state index < -0.39 is 18.6 Å². The van der Waals surface area contributed by atoms with Crippen LogP contribution in [0.3, 0.4) is 0 Å². The highest BCUT2D eigenvalue weighted by Crippen LogP contribution is 2.34. The molecule has 4 aromatic rings. The van der Waals surface area contributed by atoms with Crippen LogP contribution in [-0.2, 0) is 0 Å². The number of nitrogens with one attached hydrogen (secondary N) is 1. The summed E-state index contributed by atoms with van der Waals surface area (Å²) < 4.78 is 57.6. The summed E-state index contributed by atoms with van der Waals surface area (Å²) in [7, 11) is 0. The molecule has 0 radical (unpaired) electrons. The van der Waals surface area contributed by atoms with E-state index in [-0.39, 0.29) is 18.3 Å². The van der Waals surface area contributed by atoms with Gasteiger partial charge in [-0.25, -0.2) is 18.9 Å². The van der Waals surface area contributed by atoms with Crippen LogP contribution in [0, 0.1) is 20.8 Å². The number of carbonyl (C=O) groups excluding carboxylic acids is 1. The van der Waals surface area contributed by atoms with Crippen LogP contribution in [0.15, 0.2) is 72.0 Å². The van der Waals surface area contributed by atoms with Crippen LogP contribution in [0.1, 0.15) is 41.8 Å². The zero-order valence-corrected chi connectivity index (χ0v) is 25.9. The SMILES string of the molecule is Cc1cc(C)c(N2C(=NC(=O)NCC(F)c3ccc(-c4ncn(-c5ccc(OC(F)(F)F)cc5)n4)cc3)SCCC2C)c(C)c1. The molecule has 0 aliphatic carbocycles. The number of urea groups is 1. The Balaban J connectivity index is 1.21. The van der Waals surface area contributed by atoms with Gasteiger partial charge in [0.15, 0.2) is 11.0 Å². The fourth-order valence-corrected chi connectivity index (χ4v) is 6.44.